The number of thioether (sulfide) groups is 1. The molecule has 3 atom stereocenters. The number of unbranched alkanes of at least 4 members (excludes halogenated alkanes) is 1. The van der Waals surface area contributed by atoms with Crippen LogP contribution in [0.4, 0.5) is 10.5 Å². The van der Waals surface area contributed by atoms with Crippen LogP contribution in [0.1, 0.15) is 25.7 Å². The molecule has 3 heterocycles. The van der Waals surface area contributed by atoms with Gasteiger partial charge >= 0.3 is 6.03 Å². The first-order chi connectivity index (χ1) is 12.7. The molecule has 0 radical (unpaired) electrons. The molecule has 2 aliphatic heterocycles. The van der Waals surface area contributed by atoms with Gasteiger partial charge in [0.1, 0.15) is 0 Å². The zero-order chi connectivity index (χ0) is 17.9. The van der Waals surface area contributed by atoms with E-state index >= 15 is 0 Å². The second kappa shape index (κ2) is 7.53. The van der Waals surface area contributed by atoms with Gasteiger partial charge in [0.15, 0.2) is 0 Å². The number of nitrogens with zero attached hydrogens (tertiary/aromatic N) is 1. The zero-order valence-electron chi connectivity index (χ0n) is 14.4. The van der Waals surface area contributed by atoms with Gasteiger partial charge in [0, 0.05) is 22.8 Å². The second-order valence-electron chi connectivity index (χ2n) is 6.83. The molecule has 1 aromatic carbocycles. The molecule has 6 nitrogen and oxygen atoms in total. The van der Waals surface area contributed by atoms with Crippen LogP contribution in [0.15, 0.2) is 36.5 Å². The minimum Gasteiger partial charge on any atom is -0.332 e. The maximum absolute atomic E-state index is 12.2. The molecule has 136 valence electrons. The van der Waals surface area contributed by atoms with Gasteiger partial charge in [0.25, 0.3) is 0 Å². The van der Waals surface area contributed by atoms with Crippen LogP contribution in [0.2, 0.25) is 0 Å². The molecule has 1 aromatic heterocycles. The molecule has 7 heteroatoms. The van der Waals surface area contributed by atoms with Crippen LogP contribution in [-0.4, -0.2) is 40.0 Å². The van der Waals surface area contributed by atoms with Gasteiger partial charge in [-0.15, -0.1) is 0 Å². The number of para-hydroxylation sites is 1. The number of amides is 3. The summed E-state index contributed by atoms with van der Waals surface area (Å²) < 4.78 is 0. The number of hydrogen-bond donors (Lipinski definition) is 3. The fraction of sp³-hybridized carbons (Fsp3) is 0.421. The van der Waals surface area contributed by atoms with Crippen molar-refractivity contribution in [2.75, 3.05) is 11.1 Å². The third-order valence-electron chi connectivity index (χ3n) is 4.95. The molecule has 2 aromatic rings. The molecule has 0 bridgehead atoms. The number of rotatable bonds is 6. The van der Waals surface area contributed by atoms with Gasteiger partial charge in [-0.2, -0.15) is 11.8 Å². The number of benzene rings is 1. The lowest BCUT2D eigenvalue weighted by Gasteiger charge is -2.16. The topological polar surface area (TPSA) is 83.1 Å². The average molecular weight is 370 g/mol. The highest BCUT2D eigenvalue weighted by Gasteiger charge is 2.42. The summed E-state index contributed by atoms with van der Waals surface area (Å²) >= 11 is 1.91. The molecule has 3 N–H and O–H groups in total. The Balaban J connectivity index is 1.21. The smallest absolute Gasteiger partial charge is 0.315 e. The number of pyridine rings is 1. The number of hydrogen-bond acceptors (Lipinski definition) is 4. The molecule has 0 aliphatic carbocycles. The van der Waals surface area contributed by atoms with E-state index in [1.807, 2.05) is 42.1 Å². The van der Waals surface area contributed by atoms with Crippen LogP contribution in [0.5, 0.6) is 0 Å². The quantitative estimate of drug-likeness (QED) is 0.539. The molecule has 0 saturated carbocycles. The van der Waals surface area contributed by atoms with Crippen molar-refractivity contribution >= 4 is 40.3 Å². The van der Waals surface area contributed by atoms with Crippen molar-refractivity contribution in [1.29, 1.82) is 0 Å². The predicted molar refractivity (Wildman–Crippen MR) is 104 cm³/mol. The lowest BCUT2D eigenvalue weighted by molar-refractivity contribution is -0.116. The Morgan fingerprint density at radius 1 is 1.27 bits per heavy atom. The fourth-order valence-corrected chi connectivity index (χ4v) is 5.18. The van der Waals surface area contributed by atoms with Crippen LogP contribution in [0.3, 0.4) is 0 Å². The van der Waals surface area contributed by atoms with E-state index in [9.17, 15) is 9.59 Å². The van der Waals surface area contributed by atoms with E-state index in [1.54, 1.807) is 6.20 Å². The average Bonchev–Trinajstić information content (AvgIpc) is 3.18. The third-order valence-corrected chi connectivity index (χ3v) is 6.46. The van der Waals surface area contributed by atoms with Gasteiger partial charge < -0.3 is 16.0 Å². The third kappa shape index (κ3) is 3.77. The largest absolute Gasteiger partial charge is 0.332 e. The second-order valence-corrected chi connectivity index (χ2v) is 8.10. The van der Waals surface area contributed by atoms with Gasteiger partial charge in [-0.25, -0.2) is 4.79 Å². The summed E-state index contributed by atoms with van der Waals surface area (Å²) in [6, 6.07) is 10.3. The molecule has 26 heavy (non-hydrogen) atoms. The number of urea groups is 1. The van der Waals surface area contributed by atoms with Gasteiger partial charge in [0.2, 0.25) is 5.91 Å². The molecule has 0 unspecified atom stereocenters. The molecule has 4 rings (SSSR count). The summed E-state index contributed by atoms with van der Waals surface area (Å²) in [7, 11) is 0. The summed E-state index contributed by atoms with van der Waals surface area (Å²) in [6.45, 7) is 0. The van der Waals surface area contributed by atoms with E-state index in [2.05, 4.69) is 20.9 Å². The predicted octanol–water partition coefficient (Wildman–Crippen LogP) is 2.90. The van der Waals surface area contributed by atoms with Gasteiger partial charge in [-0.3, -0.25) is 9.78 Å². The van der Waals surface area contributed by atoms with Crippen LogP contribution < -0.4 is 16.0 Å². The first-order valence-corrected chi connectivity index (χ1v) is 10.1. The summed E-state index contributed by atoms with van der Waals surface area (Å²) in [4.78, 5) is 27.9. The summed E-state index contributed by atoms with van der Waals surface area (Å²) in [5, 5.41) is 10.4. The molecule has 3 amide bonds. The van der Waals surface area contributed by atoms with Crippen LogP contribution >= 0.6 is 11.8 Å². The van der Waals surface area contributed by atoms with Crippen molar-refractivity contribution in [3.05, 3.63) is 36.5 Å². The van der Waals surface area contributed by atoms with Crippen molar-refractivity contribution in [2.24, 2.45) is 0 Å². The summed E-state index contributed by atoms with van der Waals surface area (Å²) in [5.41, 5.74) is 1.66. The Hall–Kier alpha value is -2.28. The van der Waals surface area contributed by atoms with Gasteiger partial charge in [-0.1, -0.05) is 24.6 Å². The highest BCUT2D eigenvalue weighted by Crippen LogP contribution is 2.33. The normalized spacial score (nSPS) is 24.2. The Labute approximate surface area is 156 Å². The van der Waals surface area contributed by atoms with Gasteiger partial charge in [0.05, 0.1) is 29.5 Å². The van der Waals surface area contributed by atoms with Crippen LogP contribution in [-0.2, 0) is 4.79 Å². The Kier molecular flexibility index (Phi) is 4.97. The van der Waals surface area contributed by atoms with E-state index in [4.69, 9.17) is 0 Å². The Morgan fingerprint density at radius 3 is 3.08 bits per heavy atom. The van der Waals surface area contributed by atoms with Crippen molar-refractivity contribution in [2.45, 2.75) is 43.0 Å². The highest BCUT2D eigenvalue weighted by atomic mass is 32.2. The summed E-state index contributed by atoms with van der Waals surface area (Å²) in [6.07, 6.45) is 5.07. The van der Waals surface area contributed by atoms with E-state index < -0.39 is 0 Å². The molecular formula is C19H22N4O2S. The number of fused-ring (bicyclic) bond motifs is 2. The Bertz CT molecular complexity index is 828. The first-order valence-electron chi connectivity index (χ1n) is 9.02. The number of carbonyl (C=O) groups is 2. The molecule has 2 saturated heterocycles. The lowest BCUT2D eigenvalue weighted by atomic mass is 10.0. The highest BCUT2D eigenvalue weighted by molar-refractivity contribution is 8.00. The number of nitrogens with one attached hydrogen (secondary N) is 3. The maximum Gasteiger partial charge on any atom is 0.315 e. The number of anilines is 1. The van der Waals surface area contributed by atoms with Crippen LogP contribution in [0, 0.1) is 0 Å². The summed E-state index contributed by atoms with van der Waals surface area (Å²) in [5.74, 6) is 0.999. The van der Waals surface area contributed by atoms with E-state index in [0.717, 1.165) is 41.6 Å². The minimum absolute atomic E-state index is 0.0230. The maximum atomic E-state index is 12.2. The standard InChI is InChI=1S/C19H22N4O2S/c24-17(21-13-9-12-5-1-2-6-14(12)20-10-13)8-4-3-7-16-18-15(11-26-16)22-19(25)23-18/h1-2,5-6,9-10,15-16,18H,3-4,7-8,11H2,(H,21,24)(H2,22,23,25)/t15-,16-,18-/m0/s1. The van der Waals surface area contributed by atoms with E-state index in [1.165, 1.54) is 0 Å². The number of aromatic nitrogens is 1. The molecule has 0 spiro atoms. The van der Waals surface area contributed by atoms with Crippen molar-refractivity contribution in [3.63, 3.8) is 0 Å². The van der Waals surface area contributed by atoms with Crippen molar-refractivity contribution in [1.82, 2.24) is 15.6 Å². The minimum atomic E-state index is -0.0475. The molecule has 2 fully saturated rings. The SMILES string of the molecule is O=C(CCCC[C@@H]1SC[C@@H]2NC(=O)N[C@@H]21)Nc1cnc2ccccc2c1. The van der Waals surface area contributed by atoms with E-state index in [0.29, 0.717) is 11.7 Å². The zero-order valence-corrected chi connectivity index (χ0v) is 15.2. The van der Waals surface area contributed by atoms with Crippen molar-refractivity contribution < 1.29 is 9.59 Å². The van der Waals surface area contributed by atoms with E-state index in [-0.39, 0.29) is 24.0 Å². The molecule has 2 aliphatic rings. The number of carbonyl (C=O) groups excluding carboxylic acids is 2. The Morgan fingerprint density at radius 2 is 2.15 bits per heavy atom. The monoisotopic (exact) mass is 370 g/mol. The first kappa shape index (κ1) is 17.1. The van der Waals surface area contributed by atoms with Gasteiger partial charge in [-0.05, 0) is 25.0 Å². The fourth-order valence-electron chi connectivity index (χ4n) is 3.64. The van der Waals surface area contributed by atoms with Crippen molar-refractivity contribution in [3.8, 4) is 0 Å². The molecular weight excluding hydrogens is 348 g/mol. The van der Waals surface area contributed by atoms with Crippen LogP contribution in [0.25, 0.3) is 10.9 Å². The lowest BCUT2D eigenvalue weighted by Crippen LogP contribution is -2.36.